The number of ether oxygens (including phenoxy) is 1. The van der Waals surface area contributed by atoms with E-state index in [0.29, 0.717) is 35.5 Å². The van der Waals surface area contributed by atoms with Crippen LogP contribution in [-0.2, 0) is 4.79 Å². The number of benzene rings is 1. The molecule has 0 spiro atoms. The molecule has 2 aliphatic carbocycles. The summed E-state index contributed by atoms with van der Waals surface area (Å²) in [6.45, 7) is 4.78. The summed E-state index contributed by atoms with van der Waals surface area (Å²) >= 11 is 0. The normalized spacial score (nSPS) is 22.9. The Morgan fingerprint density at radius 3 is 2.69 bits per heavy atom. The van der Waals surface area contributed by atoms with Gasteiger partial charge in [0, 0.05) is 37.8 Å². The molecule has 1 aromatic heterocycles. The number of anilines is 4. The number of aromatic amines is 1. The van der Waals surface area contributed by atoms with Crippen LogP contribution in [0.1, 0.15) is 69.2 Å². The maximum Gasteiger partial charge on any atom is 0.396 e. The van der Waals surface area contributed by atoms with E-state index in [1.54, 1.807) is 24.1 Å². The van der Waals surface area contributed by atoms with E-state index in [-0.39, 0.29) is 30.4 Å². The van der Waals surface area contributed by atoms with Crippen LogP contribution in [0.3, 0.4) is 0 Å². The summed E-state index contributed by atoms with van der Waals surface area (Å²) in [6, 6.07) is 5.73. The van der Waals surface area contributed by atoms with Crippen LogP contribution < -0.4 is 30.2 Å². The number of hydrogen-bond donors (Lipinski definition) is 3. The maximum atomic E-state index is 13.3. The number of nitrogens with zero attached hydrogens (tertiary/aromatic N) is 3. The van der Waals surface area contributed by atoms with Gasteiger partial charge in [0.1, 0.15) is 11.4 Å². The minimum atomic E-state index is -0.539. The number of H-pyrrole nitrogens is 1. The van der Waals surface area contributed by atoms with E-state index in [9.17, 15) is 14.7 Å². The molecule has 1 aromatic carbocycles. The summed E-state index contributed by atoms with van der Waals surface area (Å²) in [4.78, 5) is 38.4. The van der Waals surface area contributed by atoms with Crippen molar-refractivity contribution in [2.75, 3.05) is 42.4 Å². The number of methoxy groups -OCH3 is 1. The molecule has 0 radical (unpaired) electrons. The first kappa shape index (κ1) is 27.2. The largest absolute Gasteiger partial charge is 0.493 e. The smallest absolute Gasteiger partial charge is 0.396 e. The summed E-state index contributed by atoms with van der Waals surface area (Å²) in [5.41, 5.74) is 1.41. The Morgan fingerprint density at radius 1 is 1.23 bits per heavy atom. The molecule has 4 N–H and O–H groups in total. The summed E-state index contributed by atoms with van der Waals surface area (Å²) in [7, 11) is 3.38. The highest BCUT2D eigenvalue weighted by Gasteiger charge is 2.43. The third-order valence-corrected chi connectivity index (χ3v) is 8.49. The molecule has 2 amide bonds. The Bertz CT molecular complexity index is 1230. The lowest BCUT2D eigenvalue weighted by Crippen LogP contribution is -2.45. The summed E-state index contributed by atoms with van der Waals surface area (Å²) in [5, 5.41) is 15.8. The summed E-state index contributed by atoms with van der Waals surface area (Å²) < 4.78 is 5.63. The lowest BCUT2D eigenvalue weighted by atomic mass is 9.91. The summed E-state index contributed by atoms with van der Waals surface area (Å²) in [6.07, 6.45) is 9.00. The minimum Gasteiger partial charge on any atom is -0.493 e. The zero-order valence-corrected chi connectivity index (χ0v) is 23.4. The average Bonchev–Trinajstić information content (AvgIpc) is 3.62. The van der Waals surface area contributed by atoms with E-state index in [1.165, 1.54) is 12.8 Å². The molecule has 2 aromatic rings. The van der Waals surface area contributed by atoms with Crippen molar-refractivity contribution in [3.8, 4) is 5.75 Å². The Hall–Kier alpha value is -3.40. The lowest BCUT2D eigenvalue weighted by molar-refractivity contribution is -0.363. The number of amides is 2. The van der Waals surface area contributed by atoms with Crippen molar-refractivity contribution >= 4 is 35.0 Å². The molecular weight excluding hydrogens is 496 g/mol. The van der Waals surface area contributed by atoms with Gasteiger partial charge in [-0.15, -0.1) is 0 Å². The molecule has 39 heavy (non-hydrogen) atoms. The fourth-order valence-corrected chi connectivity index (χ4v) is 6.27. The Morgan fingerprint density at radius 2 is 2.00 bits per heavy atom. The van der Waals surface area contributed by atoms with Crippen molar-refractivity contribution < 1.29 is 24.4 Å². The second-order valence-electron chi connectivity index (χ2n) is 11.8. The van der Waals surface area contributed by atoms with Gasteiger partial charge in [0.2, 0.25) is 11.7 Å². The SMILES string of the molecule is COc1cc(C(=O)N[C@@H]2CC[C@@H](CO)C2)ccc1Nc1nc2c(c[nH+]1)N(C)C(=O)C(C)(C)CN2C1CCCC1. The molecule has 0 saturated heterocycles. The van der Waals surface area contributed by atoms with Gasteiger partial charge in [0.25, 0.3) is 5.91 Å². The second-order valence-corrected chi connectivity index (χ2v) is 11.8. The fraction of sp³-hybridized carbons (Fsp3) is 0.586. The molecule has 2 fully saturated rings. The quantitative estimate of drug-likeness (QED) is 0.496. The Balaban J connectivity index is 1.39. The Labute approximate surface area is 230 Å². The number of carbonyl (C=O) groups is 2. The van der Waals surface area contributed by atoms with Crippen LogP contribution in [0, 0.1) is 11.3 Å². The van der Waals surface area contributed by atoms with E-state index in [4.69, 9.17) is 9.72 Å². The molecule has 10 nitrogen and oxygen atoms in total. The highest BCUT2D eigenvalue weighted by atomic mass is 16.5. The van der Waals surface area contributed by atoms with E-state index < -0.39 is 5.41 Å². The van der Waals surface area contributed by atoms with Crippen LogP contribution in [-0.4, -0.2) is 61.3 Å². The monoisotopic (exact) mass is 537 g/mol. The predicted octanol–water partition coefficient (Wildman–Crippen LogP) is 3.29. The number of aliphatic hydroxyl groups excluding tert-OH is 1. The highest BCUT2D eigenvalue weighted by Crippen LogP contribution is 2.40. The fourth-order valence-electron chi connectivity index (χ4n) is 6.27. The van der Waals surface area contributed by atoms with Gasteiger partial charge in [-0.05, 0) is 70.1 Å². The van der Waals surface area contributed by atoms with Crippen molar-refractivity contribution in [1.29, 1.82) is 0 Å². The van der Waals surface area contributed by atoms with Crippen molar-refractivity contribution in [2.24, 2.45) is 11.3 Å². The molecular formula is C29H41N6O4+. The number of fused-ring (bicyclic) bond motifs is 1. The molecule has 0 bridgehead atoms. The van der Waals surface area contributed by atoms with E-state index in [2.05, 4.69) is 20.5 Å². The zero-order chi connectivity index (χ0) is 27.7. The minimum absolute atomic E-state index is 0.0696. The molecule has 5 rings (SSSR count). The topological polar surface area (TPSA) is 121 Å². The highest BCUT2D eigenvalue weighted by molar-refractivity contribution is 6.00. The van der Waals surface area contributed by atoms with Gasteiger partial charge < -0.3 is 25.0 Å². The van der Waals surface area contributed by atoms with E-state index in [0.717, 1.165) is 43.6 Å². The maximum absolute atomic E-state index is 13.3. The number of carbonyl (C=O) groups excluding carboxylic acids is 2. The van der Waals surface area contributed by atoms with Crippen LogP contribution in [0.15, 0.2) is 24.4 Å². The van der Waals surface area contributed by atoms with Crippen LogP contribution in [0.25, 0.3) is 0 Å². The van der Waals surface area contributed by atoms with E-state index >= 15 is 0 Å². The van der Waals surface area contributed by atoms with Crippen LogP contribution in [0.4, 0.5) is 23.1 Å². The average molecular weight is 538 g/mol. The van der Waals surface area contributed by atoms with Gasteiger partial charge in [0.05, 0.1) is 18.7 Å². The molecule has 2 saturated carbocycles. The third-order valence-electron chi connectivity index (χ3n) is 8.49. The number of hydrogen-bond acceptors (Lipinski definition) is 7. The van der Waals surface area contributed by atoms with Gasteiger partial charge in [-0.3, -0.25) is 9.59 Å². The molecule has 10 heteroatoms. The zero-order valence-electron chi connectivity index (χ0n) is 23.4. The molecule has 3 aliphatic rings. The molecule has 0 unspecified atom stereocenters. The lowest BCUT2D eigenvalue weighted by Gasteiger charge is -2.32. The first-order valence-corrected chi connectivity index (χ1v) is 14.0. The molecule has 2 heterocycles. The van der Waals surface area contributed by atoms with Crippen LogP contribution in [0.2, 0.25) is 0 Å². The van der Waals surface area contributed by atoms with Gasteiger partial charge in [-0.25, -0.2) is 10.3 Å². The number of aromatic nitrogens is 2. The predicted molar refractivity (Wildman–Crippen MR) is 150 cm³/mol. The van der Waals surface area contributed by atoms with Crippen LogP contribution in [0.5, 0.6) is 5.75 Å². The van der Waals surface area contributed by atoms with Crippen molar-refractivity contribution in [3.63, 3.8) is 0 Å². The van der Waals surface area contributed by atoms with Crippen LogP contribution >= 0.6 is 0 Å². The first-order chi connectivity index (χ1) is 18.7. The molecule has 1 aliphatic heterocycles. The van der Waals surface area contributed by atoms with Crippen molar-refractivity contribution in [1.82, 2.24) is 10.3 Å². The summed E-state index contributed by atoms with van der Waals surface area (Å²) in [5.74, 6) is 2.01. The van der Waals surface area contributed by atoms with Gasteiger partial charge >= 0.3 is 5.95 Å². The third kappa shape index (κ3) is 5.52. The second kappa shape index (κ2) is 11.0. The van der Waals surface area contributed by atoms with Crippen molar-refractivity contribution in [2.45, 2.75) is 70.9 Å². The standard InChI is InChI=1S/C29H40N6O4/c1-29(2)17-35(21-7-5-6-8-21)25-23(34(3)27(29)38)15-30-28(33-25)32-22-12-10-19(14-24(22)39-4)26(37)31-20-11-9-18(13-20)16-36/h10,12,14-15,18,20-21,36H,5-9,11,13,16-17H2,1-4H3,(H,31,37)(H,30,32,33)/p+1/t18-,20-/m1/s1. The van der Waals surface area contributed by atoms with E-state index in [1.807, 2.05) is 33.2 Å². The molecule has 2 atom stereocenters. The number of nitrogens with one attached hydrogen (secondary N) is 3. The molecule has 210 valence electrons. The van der Waals surface area contributed by atoms with Gasteiger partial charge in [-0.2, -0.15) is 0 Å². The number of aliphatic hydroxyl groups is 1. The first-order valence-electron chi connectivity index (χ1n) is 14.0. The van der Waals surface area contributed by atoms with Gasteiger partial charge in [0.15, 0.2) is 5.75 Å². The Kier molecular flexibility index (Phi) is 7.66. The van der Waals surface area contributed by atoms with Crippen molar-refractivity contribution in [3.05, 3.63) is 30.0 Å². The van der Waals surface area contributed by atoms with Gasteiger partial charge in [-0.1, -0.05) is 17.8 Å². The number of rotatable bonds is 7.